The number of methoxy groups -OCH3 is 1. The molecule has 0 atom stereocenters. The maximum atomic E-state index is 13.7. The Kier molecular flexibility index (Phi) is 6.51. The molecular formula is C23H28N2O5. The van der Waals surface area contributed by atoms with Crippen LogP contribution >= 0.6 is 0 Å². The molecule has 0 radical (unpaired) electrons. The molecule has 2 heterocycles. The number of aromatic amines is 1. The Balaban J connectivity index is 2.37. The van der Waals surface area contributed by atoms with Crippen molar-refractivity contribution in [1.29, 1.82) is 0 Å². The summed E-state index contributed by atoms with van der Waals surface area (Å²) in [5, 5.41) is 0. The molecule has 0 fully saturated rings. The lowest BCUT2D eigenvalue weighted by atomic mass is 9.81. The Labute approximate surface area is 175 Å². The SMILES string of the molecule is CCCc1c(COCC)c(OC)nc2c1C(=O)c1c([nH]c(=O)c(C)c1CCC)C2=O. The molecule has 0 aromatic carbocycles. The molecule has 160 valence electrons. The number of nitrogens with one attached hydrogen (secondary N) is 1. The van der Waals surface area contributed by atoms with Crippen LogP contribution in [0.15, 0.2) is 4.79 Å². The van der Waals surface area contributed by atoms with Crippen molar-refractivity contribution in [2.75, 3.05) is 13.7 Å². The van der Waals surface area contributed by atoms with Crippen molar-refractivity contribution in [2.24, 2.45) is 0 Å². The summed E-state index contributed by atoms with van der Waals surface area (Å²) in [5.41, 5.74) is 2.89. The minimum atomic E-state index is -0.451. The molecular weight excluding hydrogens is 384 g/mol. The van der Waals surface area contributed by atoms with Crippen molar-refractivity contribution < 1.29 is 19.1 Å². The van der Waals surface area contributed by atoms with E-state index in [-0.39, 0.29) is 35.2 Å². The molecule has 0 spiro atoms. The highest BCUT2D eigenvalue weighted by atomic mass is 16.5. The summed E-state index contributed by atoms with van der Waals surface area (Å²) >= 11 is 0. The van der Waals surface area contributed by atoms with Gasteiger partial charge in [0.15, 0.2) is 5.78 Å². The van der Waals surface area contributed by atoms with Gasteiger partial charge in [0.1, 0.15) is 11.4 Å². The molecule has 30 heavy (non-hydrogen) atoms. The summed E-state index contributed by atoms with van der Waals surface area (Å²) in [6, 6.07) is 0. The van der Waals surface area contributed by atoms with Crippen molar-refractivity contribution in [3.8, 4) is 5.88 Å². The van der Waals surface area contributed by atoms with Crippen molar-refractivity contribution >= 4 is 11.6 Å². The largest absolute Gasteiger partial charge is 0.481 e. The number of aromatic nitrogens is 2. The van der Waals surface area contributed by atoms with Gasteiger partial charge >= 0.3 is 0 Å². The third kappa shape index (κ3) is 3.47. The lowest BCUT2D eigenvalue weighted by Gasteiger charge is -2.25. The highest BCUT2D eigenvalue weighted by Gasteiger charge is 2.38. The van der Waals surface area contributed by atoms with Crippen molar-refractivity contribution in [2.45, 2.75) is 60.0 Å². The molecule has 0 saturated heterocycles. The number of fused-ring (bicyclic) bond motifs is 2. The van der Waals surface area contributed by atoms with E-state index in [1.165, 1.54) is 7.11 Å². The van der Waals surface area contributed by atoms with Gasteiger partial charge in [-0.05, 0) is 37.8 Å². The summed E-state index contributed by atoms with van der Waals surface area (Å²) in [6.45, 7) is 8.32. The van der Waals surface area contributed by atoms with Gasteiger partial charge in [0.05, 0.1) is 24.8 Å². The number of ether oxygens (including phenoxy) is 2. The quantitative estimate of drug-likeness (QED) is 0.610. The van der Waals surface area contributed by atoms with E-state index in [0.29, 0.717) is 47.3 Å². The molecule has 0 unspecified atom stereocenters. The minimum absolute atomic E-state index is 0.0288. The van der Waals surface area contributed by atoms with Gasteiger partial charge in [-0.15, -0.1) is 0 Å². The van der Waals surface area contributed by atoms with E-state index < -0.39 is 5.78 Å². The van der Waals surface area contributed by atoms with Crippen LogP contribution in [0.1, 0.15) is 88.0 Å². The van der Waals surface area contributed by atoms with Crippen LogP contribution < -0.4 is 10.3 Å². The number of ketones is 2. The molecule has 2 aromatic heterocycles. The Morgan fingerprint density at radius 3 is 2.17 bits per heavy atom. The molecule has 3 rings (SSSR count). The zero-order valence-corrected chi connectivity index (χ0v) is 18.2. The molecule has 0 saturated carbocycles. The second-order valence-corrected chi connectivity index (χ2v) is 7.40. The zero-order chi connectivity index (χ0) is 22.0. The van der Waals surface area contributed by atoms with Gasteiger partial charge in [0.25, 0.3) is 5.56 Å². The maximum absolute atomic E-state index is 13.7. The number of carbonyl (C=O) groups excluding carboxylic acids is 2. The van der Waals surface area contributed by atoms with E-state index in [4.69, 9.17) is 9.47 Å². The lowest BCUT2D eigenvalue weighted by Crippen LogP contribution is -2.32. The normalized spacial score (nSPS) is 12.7. The second kappa shape index (κ2) is 8.92. The molecule has 7 heteroatoms. The zero-order valence-electron chi connectivity index (χ0n) is 18.2. The van der Waals surface area contributed by atoms with E-state index in [1.54, 1.807) is 6.92 Å². The Morgan fingerprint density at radius 2 is 1.57 bits per heavy atom. The van der Waals surface area contributed by atoms with Crippen LogP contribution in [-0.2, 0) is 24.2 Å². The van der Waals surface area contributed by atoms with Gasteiger partial charge in [0.2, 0.25) is 11.7 Å². The summed E-state index contributed by atoms with van der Waals surface area (Å²) in [7, 11) is 1.48. The van der Waals surface area contributed by atoms with Gasteiger partial charge < -0.3 is 14.5 Å². The number of nitrogens with zero attached hydrogens (tertiary/aromatic N) is 1. The molecule has 1 aliphatic rings. The Hall–Kier alpha value is -2.80. The number of hydrogen-bond donors (Lipinski definition) is 1. The lowest BCUT2D eigenvalue weighted by molar-refractivity contribution is 0.0966. The first-order valence-corrected chi connectivity index (χ1v) is 10.4. The summed E-state index contributed by atoms with van der Waals surface area (Å²) in [6.07, 6.45) is 2.66. The van der Waals surface area contributed by atoms with Crippen LogP contribution in [-0.4, -0.2) is 35.3 Å². The van der Waals surface area contributed by atoms with Crippen LogP contribution in [0.4, 0.5) is 0 Å². The number of pyridine rings is 2. The van der Waals surface area contributed by atoms with E-state index in [0.717, 1.165) is 18.4 Å². The maximum Gasteiger partial charge on any atom is 0.251 e. The molecule has 0 aliphatic heterocycles. The average molecular weight is 412 g/mol. The first kappa shape index (κ1) is 21.9. The predicted molar refractivity (Wildman–Crippen MR) is 113 cm³/mol. The first-order chi connectivity index (χ1) is 14.4. The minimum Gasteiger partial charge on any atom is -0.481 e. The predicted octanol–water partition coefficient (Wildman–Crippen LogP) is 3.30. The van der Waals surface area contributed by atoms with Crippen LogP contribution in [0.3, 0.4) is 0 Å². The third-order valence-electron chi connectivity index (χ3n) is 5.50. The van der Waals surface area contributed by atoms with E-state index in [2.05, 4.69) is 9.97 Å². The average Bonchev–Trinajstić information content (AvgIpc) is 2.73. The van der Waals surface area contributed by atoms with Crippen molar-refractivity contribution in [3.05, 3.63) is 55.1 Å². The molecule has 2 aromatic rings. The fourth-order valence-electron chi connectivity index (χ4n) is 4.08. The number of rotatable bonds is 8. The number of hydrogen-bond acceptors (Lipinski definition) is 6. The monoisotopic (exact) mass is 412 g/mol. The van der Waals surface area contributed by atoms with Gasteiger partial charge in [-0.3, -0.25) is 14.4 Å². The van der Waals surface area contributed by atoms with Crippen molar-refractivity contribution in [3.63, 3.8) is 0 Å². The highest BCUT2D eigenvalue weighted by molar-refractivity contribution is 6.28. The van der Waals surface area contributed by atoms with Crippen LogP contribution in [0.5, 0.6) is 5.88 Å². The van der Waals surface area contributed by atoms with Gasteiger partial charge in [0, 0.05) is 17.7 Å². The van der Waals surface area contributed by atoms with Gasteiger partial charge in [-0.1, -0.05) is 26.7 Å². The molecule has 0 amide bonds. The fraction of sp³-hybridized carbons (Fsp3) is 0.478. The number of carbonyl (C=O) groups is 2. The van der Waals surface area contributed by atoms with E-state index in [1.807, 2.05) is 20.8 Å². The van der Waals surface area contributed by atoms with E-state index in [9.17, 15) is 14.4 Å². The summed E-state index contributed by atoms with van der Waals surface area (Å²) < 4.78 is 11.1. The fourth-order valence-corrected chi connectivity index (χ4v) is 4.08. The third-order valence-corrected chi connectivity index (χ3v) is 5.50. The Bertz CT molecular complexity index is 1070. The van der Waals surface area contributed by atoms with Crippen LogP contribution in [0, 0.1) is 6.92 Å². The molecule has 1 aliphatic carbocycles. The highest BCUT2D eigenvalue weighted by Crippen LogP contribution is 2.35. The van der Waals surface area contributed by atoms with E-state index >= 15 is 0 Å². The molecule has 7 nitrogen and oxygen atoms in total. The molecule has 1 N–H and O–H groups in total. The molecule has 0 bridgehead atoms. The smallest absolute Gasteiger partial charge is 0.251 e. The van der Waals surface area contributed by atoms with Crippen molar-refractivity contribution in [1.82, 2.24) is 9.97 Å². The second-order valence-electron chi connectivity index (χ2n) is 7.40. The Morgan fingerprint density at radius 1 is 0.900 bits per heavy atom. The van der Waals surface area contributed by atoms with Crippen LogP contribution in [0.2, 0.25) is 0 Å². The van der Waals surface area contributed by atoms with Gasteiger partial charge in [-0.2, -0.15) is 0 Å². The first-order valence-electron chi connectivity index (χ1n) is 10.4. The van der Waals surface area contributed by atoms with Gasteiger partial charge in [-0.25, -0.2) is 4.98 Å². The van der Waals surface area contributed by atoms with Crippen LogP contribution in [0.25, 0.3) is 0 Å². The number of H-pyrrole nitrogens is 1. The topological polar surface area (TPSA) is 98.3 Å². The standard InChI is InChI=1S/C23H28N2O5/c1-6-9-13-12(4)22(28)24-18-16(13)20(26)17-14(10-7-2)15(11-30-8-3)23(29-5)25-19(17)21(18)27/h6-11H2,1-5H3,(H,24,28). The summed E-state index contributed by atoms with van der Waals surface area (Å²) in [5.74, 6) is -0.440. The summed E-state index contributed by atoms with van der Waals surface area (Å²) in [4.78, 5) is 46.5.